The van der Waals surface area contributed by atoms with Crippen molar-refractivity contribution in [2.45, 2.75) is 25.3 Å². The summed E-state index contributed by atoms with van der Waals surface area (Å²) in [6.45, 7) is 3.50. The number of nitrogens with zero attached hydrogens (tertiary/aromatic N) is 6. The fourth-order valence-corrected chi connectivity index (χ4v) is 4.70. The molecule has 0 aliphatic heterocycles. The topological polar surface area (TPSA) is 173 Å². The SMILES string of the molecule is Cc1o[n+](-c2cccc(Cn3nnc4c(-c5ccco5)nc(N)nc43)c2)c(C)c1S(N)(=O)=O. The van der Waals surface area contributed by atoms with E-state index in [1.54, 1.807) is 36.7 Å². The maximum absolute atomic E-state index is 11.9. The summed E-state index contributed by atoms with van der Waals surface area (Å²) in [7, 11) is -3.92. The third-order valence-electron chi connectivity index (χ3n) is 5.08. The second-order valence-corrected chi connectivity index (χ2v) is 8.90. The third kappa shape index (κ3) is 3.62. The highest BCUT2D eigenvalue weighted by Gasteiger charge is 2.31. The molecule has 0 radical (unpaired) electrons. The Morgan fingerprint density at radius 2 is 1.97 bits per heavy atom. The van der Waals surface area contributed by atoms with Crippen LogP contribution in [0, 0.1) is 13.8 Å². The van der Waals surface area contributed by atoms with E-state index in [4.69, 9.17) is 19.8 Å². The van der Waals surface area contributed by atoms with Gasteiger partial charge in [-0.05, 0) is 17.7 Å². The van der Waals surface area contributed by atoms with Gasteiger partial charge in [-0.15, -0.1) is 5.10 Å². The summed E-state index contributed by atoms with van der Waals surface area (Å²) in [5.74, 6) is 0.785. The summed E-state index contributed by atoms with van der Waals surface area (Å²) in [6.07, 6.45) is 1.53. The molecule has 0 amide bonds. The van der Waals surface area contributed by atoms with Gasteiger partial charge in [-0.2, -0.15) is 4.98 Å². The molecule has 0 fully saturated rings. The molecule has 12 nitrogen and oxygen atoms in total. The van der Waals surface area contributed by atoms with Gasteiger partial charge < -0.3 is 10.2 Å². The summed E-state index contributed by atoms with van der Waals surface area (Å²) >= 11 is 0. The van der Waals surface area contributed by atoms with E-state index in [1.165, 1.54) is 11.0 Å². The predicted octanol–water partition coefficient (Wildman–Crippen LogP) is 1.25. The summed E-state index contributed by atoms with van der Waals surface area (Å²) in [6, 6.07) is 10.8. The molecule has 0 bridgehead atoms. The lowest BCUT2D eigenvalue weighted by atomic mass is 10.2. The lowest BCUT2D eigenvalue weighted by Gasteiger charge is -2.04. The number of aromatic nitrogens is 6. The molecule has 0 atom stereocenters. The van der Waals surface area contributed by atoms with Crippen molar-refractivity contribution in [3.63, 3.8) is 0 Å². The van der Waals surface area contributed by atoms with Crippen molar-refractivity contribution < 1.29 is 22.1 Å². The number of hydrogen-bond donors (Lipinski definition) is 2. The Bertz CT molecular complexity index is 1600. The number of aryl methyl sites for hydroxylation is 1. The Balaban J connectivity index is 1.55. The van der Waals surface area contributed by atoms with Crippen molar-refractivity contribution in [2.24, 2.45) is 5.14 Å². The average Bonchev–Trinajstić information content (AvgIpc) is 3.47. The van der Waals surface area contributed by atoms with Crippen molar-refractivity contribution in [3.8, 4) is 17.1 Å². The second-order valence-electron chi connectivity index (χ2n) is 7.40. The van der Waals surface area contributed by atoms with Crippen LogP contribution < -0.4 is 15.6 Å². The first-order valence-corrected chi connectivity index (χ1v) is 11.3. The van der Waals surface area contributed by atoms with Crippen LogP contribution in [0.3, 0.4) is 0 Å². The Labute approximate surface area is 187 Å². The number of rotatable bonds is 5. The second kappa shape index (κ2) is 7.50. The molecule has 4 N–H and O–H groups in total. The maximum atomic E-state index is 11.9. The van der Waals surface area contributed by atoms with E-state index in [9.17, 15) is 8.42 Å². The molecule has 0 spiro atoms. The maximum Gasteiger partial charge on any atom is 0.258 e. The Morgan fingerprint density at radius 1 is 1.15 bits per heavy atom. The molecule has 0 saturated heterocycles. The standard InChI is InChI=1S/C20H19N8O4S/c1-11-18(33(22,29)30)12(2)32-28(11)14-6-3-5-13(9-14)10-27-19-17(25-26-27)16(23-20(21)24-19)15-7-4-8-31-15/h3-9H,10H2,1-2H3,(H2,21,23,24)(H2,22,29,30)/q+1. The minimum Gasteiger partial charge on any atom is -0.463 e. The molecular formula is C20H19N8O4S+. The average molecular weight is 467 g/mol. The van der Waals surface area contributed by atoms with E-state index < -0.39 is 10.0 Å². The minimum atomic E-state index is -3.92. The molecule has 1 aromatic carbocycles. The Hall–Kier alpha value is -4.10. The number of nitrogens with two attached hydrogens (primary N) is 2. The minimum absolute atomic E-state index is 0.0344. The van der Waals surface area contributed by atoms with Crippen LogP contribution in [-0.2, 0) is 16.6 Å². The van der Waals surface area contributed by atoms with Crippen LogP contribution in [0.25, 0.3) is 28.3 Å². The van der Waals surface area contributed by atoms with Crippen molar-refractivity contribution >= 4 is 27.1 Å². The molecule has 5 aromatic rings. The van der Waals surface area contributed by atoms with Crippen molar-refractivity contribution in [2.75, 3.05) is 5.73 Å². The summed E-state index contributed by atoms with van der Waals surface area (Å²) < 4.78 is 38.0. The molecule has 0 aliphatic rings. The number of benzene rings is 1. The van der Waals surface area contributed by atoms with Gasteiger partial charge in [0.05, 0.1) is 12.8 Å². The number of sulfonamides is 1. The highest BCUT2D eigenvalue weighted by molar-refractivity contribution is 7.89. The third-order valence-corrected chi connectivity index (χ3v) is 6.23. The van der Waals surface area contributed by atoms with E-state index in [-0.39, 0.29) is 16.6 Å². The van der Waals surface area contributed by atoms with Crippen LogP contribution in [0.1, 0.15) is 17.0 Å². The lowest BCUT2D eigenvalue weighted by molar-refractivity contribution is -0.790. The number of nitrogen functional groups attached to an aromatic ring is 1. The lowest BCUT2D eigenvalue weighted by Crippen LogP contribution is -2.32. The number of anilines is 1. The molecule has 4 aromatic heterocycles. The van der Waals surface area contributed by atoms with E-state index in [0.29, 0.717) is 40.5 Å². The molecule has 13 heteroatoms. The predicted molar refractivity (Wildman–Crippen MR) is 115 cm³/mol. The van der Waals surface area contributed by atoms with Crippen molar-refractivity contribution in [3.05, 3.63) is 59.7 Å². The number of hydrogen-bond acceptors (Lipinski definition) is 9. The van der Waals surface area contributed by atoms with Crippen LogP contribution in [0.2, 0.25) is 0 Å². The number of furan rings is 1. The first-order chi connectivity index (χ1) is 15.7. The molecular weight excluding hydrogens is 448 g/mol. The Kier molecular flexibility index (Phi) is 4.72. The van der Waals surface area contributed by atoms with Crippen LogP contribution in [0.15, 0.2) is 56.5 Å². The molecule has 0 unspecified atom stereocenters. The van der Waals surface area contributed by atoms with Crippen LogP contribution in [0.5, 0.6) is 0 Å². The van der Waals surface area contributed by atoms with Gasteiger partial charge in [-0.1, -0.05) is 17.3 Å². The monoisotopic (exact) mass is 467 g/mol. The molecule has 168 valence electrons. The Morgan fingerprint density at radius 3 is 2.67 bits per heavy atom. The smallest absolute Gasteiger partial charge is 0.258 e. The van der Waals surface area contributed by atoms with Gasteiger partial charge in [0, 0.05) is 30.7 Å². The number of primary sulfonamides is 1. The summed E-state index contributed by atoms with van der Waals surface area (Å²) in [4.78, 5) is 8.50. The van der Waals surface area contributed by atoms with E-state index in [1.807, 2.05) is 18.2 Å². The molecule has 5 rings (SSSR count). The van der Waals surface area contributed by atoms with Gasteiger partial charge in [0.25, 0.3) is 11.4 Å². The van der Waals surface area contributed by atoms with Gasteiger partial charge in [0.2, 0.25) is 21.7 Å². The van der Waals surface area contributed by atoms with Gasteiger partial charge in [0.15, 0.2) is 21.8 Å². The fourth-order valence-electron chi connectivity index (χ4n) is 3.77. The summed E-state index contributed by atoms with van der Waals surface area (Å²) in [5.41, 5.74) is 9.12. The number of fused-ring (bicyclic) bond motifs is 1. The van der Waals surface area contributed by atoms with Gasteiger partial charge in [-0.3, -0.25) is 0 Å². The first kappa shape index (κ1) is 20.8. The molecule has 33 heavy (non-hydrogen) atoms. The zero-order valence-electron chi connectivity index (χ0n) is 17.6. The van der Waals surface area contributed by atoms with Gasteiger partial charge in [0.1, 0.15) is 5.69 Å². The van der Waals surface area contributed by atoms with Crippen LogP contribution in [0.4, 0.5) is 5.95 Å². The van der Waals surface area contributed by atoms with Gasteiger partial charge >= 0.3 is 0 Å². The van der Waals surface area contributed by atoms with E-state index in [0.717, 1.165) is 5.56 Å². The molecule has 0 saturated carbocycles. The van der Waals surface area contributed by atoms with Gasteiger partial charge in [-0.25, -0.2) is 27.7 Å². The zero-order chi connectivity index (χ0) is 23.3. The zero-order valence-corrected chi connectivity index (χ0v) is 18.4. The highest BCUT2D eigenvalue weighted by Crippen LogP contribution is 2.26. The fraction of sp³-hybridized carbons (Fsp3) is 0.150. The van der Waals surface area contributed by atoms with E-state index >= 15 is 0 Å². The van der Waals surface area contributed by atoms with Crippen molar-refractivity contribution in [1.82, 2.24) is 25.0 Å². The highest BCUT2D eigenvalue weighted by atomic mass is 32.2. The van der Waals surface area contributed by atoms with Crippen LogP contribution in [-0.4, -0.2) is 33.4 Å². The molecule has 4 heterocycles. The largest absolute Gasteiger partial charge is 0.463 e. The first-order valence-electron chi connectivity index (χ1n) is 9.77. The van der Waals surface area contributed by atoms with Crippen LogP contribution >= 0.6 is 0 Å². The molecule has 0 aliphatic carbocycles. The summed E-state index contributed by atoms with van der Waals surface area (Å²) in [5, 5.41) is 13.8. The van der Waals surface area contributed by atoms with E-state index in [2.05, 4.69) is 20.3 Å². The quantitative estimate of drug-likeness (QED) is 0.361. The normalized spacial score (nSPS) is 12.0. The van der Waals surface area contributed by atoms with Crippen molar-refractivity contribution in [1.29, 1.82) is 0 Å².